The van der Waals surface area contributed by atoms with E-state index in [2.05, 4.69) is 5.32 Å². The first-order valence-electron chi connectivity index (χ1n) is 10.3. The molecule has 1 unspecified atom stereocenters. The minimum atomic E-state index is -3.65. The highest BCUT2D eigenvalue weighted by Gasteiger charge is 2.21. The molecular weight excluding hydrogens is 424 g/mol. The Morgan fingerprint density at radius 2 is 1.53 bits per heavy atom. The van der Waals surface area contributed by atoms with Crippen LogP contribution in [0.15, 0.2) is 77.7 Å². The Balaban J connectivity index is 1.65. The summed E-state index contributed by atoms with van der Waals surface area (Å²) in [6.45, 7) is 5.81. The number of sulfonamides is 1. The maximum atomic E-state index is 12.9. The number of hydrogen-bond donors (Lipinski definition) is 1. The van der Waals surface area contributed by atoms with Crippen molar-refractivity contribution in [3.63, 3.8) is 0 Å². The fourth-order valence-corrected chi connectivity index (χ4v) is 4.43. The molecule has 0 saturated carbocycles. The molecule has 1 N–H and O–H groups in total. The van der Waals surface area contributed by atoms with Crippen LogP contribution >= 0.6 is 0 Å². The topological polar surface area (TPSA) is 75.7 Å². The maximum Gasteiger partial charge on any atom is 0.265 e. The highest BCUT2D eigenvalue weighted by molar-refractivity contribution is 7.89. The van der Waals surface area contributed by atoms with Gasteiger partial charge in [-0.15, -0.1) is 0 Å². The number of carbonyl (C=O) groups excluding carboxylic acids is 1. The number of hydrogen-bond acceptors (Lipinski definition) is 4. The molecule has 0 aliphatic heterocycles. The van der Waals surface area contributed by atoms with Crippen LogP contribution in [0.5, 0.6) is 5.75 Å². The van der Waals surface area contributed by atoms with Crippen LogP contribution in [0.1, 0.15) is 23.6 Å². The molecule has 0 bridgehead atoms. The number of nitrogens with one attached hydrogen (secondary N) is 1. The average molecular weight is 453 g/mol. The van der Waals surface area contributed by atoms with E-state index >= 15 is 0 Å². The summed E-state index contributed by atoms with van der Waals surface area (Å²) < 4.78 is 32.9. The lowest BCUT2D eigenvalue weighted by molar-refractivity contribution is -0.122. The van der Waals surface area contributed by atoms with Gasteiger partial charge < -0.3 is 10.1 Å². The molecule has 0 radical (unpaired) electrons. The summed E-state index contributed by atoms with van der Waals surface area (Å²) in [6, 6.07) is 21.3. The third-order valence-corrected chi connectivity index (χ3v) is 6.97. The molecule has 0 heterocycles. The van der Waals surface area contributed by atoms with Crippen molar-refractivity contribution >= 4 is 21.6 Å². The van der Waals surface area contributed by atoms with E-state index in [-0.39, 0.29) is 17.3 Å². The van der Waals surface area contributed by atoms with Gasteiger partial charge in [0.1, 0.15) is 5.75 Å². The van der Waals surface area contributed by atoms with Gasteiger partial charge in [0.25, 0.3) is 5.91 Å². The van der Waals surface area contributed by atoms with E-state index in [4.69, 9.17) is 4.74 Å². The summed E-state index contributed by atoms with van der Waals surface area (Å²) in [6.07, 6.45) is -0.713. The van der Waals surface area contributed by atoms with Gasteiger partial charge >= 0.3 is 0 Å². The minimum Gasteiger partial charge on any atom is -0.480 e. The van der Waals surface area contributed by atoms with Crippen LogP contribution in [0.4, 0.5) is 5.69 Å². The van der Waals surface area contributed by atoms with E-state index in [1.165, 1.54) is 16.4 Å². The molecule has 0 aliphatic rings. The van der Waals surface area contributed by atoms with Gasteiger partial charge in [-0.3, -0.25) is 4.79 Å². The van der Waals surface area contributed by atoms with E-state index in [1.807, 2.05) is 62.4 Å². The molecule has 0 fully saturated rings. The van der Waals surface area contributed by atoms with Crippen LogP contribution in [0.25, 0.3) is 0 Å². The summed E-state index contributed by atoms with van der Waals surface area (Å²) in [5.74, 6) is 0.377. The first-order valence-corrected chi connectivity index (χ1v) is 11.8. The molecular formula is C25H28N2O4S. The third-order valence-electron chi connectivity index (χ3n) is 5.15. The number of nitrogens with zero attached hydrogens (tertiary/aromatic N) is 1. The van der Waals surface area contributed by atoms with Crippen molar-refractivity contribution in [1.82, 2.24) is 4.31 Å². The lowest BCUT2D eigenvalue weighted by Gasteiger charge is -2.19. The van der Waals surface area contributed by atoms with Crippen molar-refractivity contribution in [2.24, 2.45) is 0 Å². The summed E-state index contributed by atoms with van der Waals surface area (Å²) in [7, 11) is -2.11. The molecule has 0 spiro atoms. The van der Waals surface area contributed by atoms with Crippen LogP contribution in [-0.4, -0.2) is 31.8 Å². The number of anilines is 1. The smallest absolute Gasteiger partial charge is 0.265 e. The Bertz CT molecular complexity index is 1160. The standard InChI is InChI=1S/C25H28N2O4S/c1-18-9-8-10-19(2)24(18)31-20(3)25(28)26-22-13-15-23(16-14-22)32(29,30)27(4)17-21-11-6-5-7-12-21/h5-16,20H,17H2,1-4H3,(H,26,28). The average Bonchev–Trinajstić information content (AvgIpc) is 2.77. The van der Waals surface area contributed by atoms with Crippen LogP contribution in [0, 0.1) is 13.8 Å². The first kappa shape index (κ1) is 23.5. The van der Waals surface area contributed by atoms with Crippen molar-refractivity contribution in [3.8, 4) is 5.75 Å². The molecule has 0 aliphatic carbocycles. The van der Waals surface area contributed by atoms with Gasteiger partial charge in [0.05, 0.1) is 4.90 Å². The Morgan fingerprint density at radius 3 is 2.12 bits per heavy atom. The molecule has 6 nitrogen and oxygen atoms in total. The Morgan fingerprint density at radius 1 is 0.938 bits per heavy atom. The van der Waals surface area contributed by atoms with Crippen LogP contribution in [0.3, 0.4) is 0 Å². The Hall–Kier alpha value is -3.16. The number of aryl methyl sites for hydroxylation is 2. The van der Waals surface area contributed by atoms with E-state index in [0.717, 1.165) is 16.7 Å². The molecule has 3 aromatic rings. The van der Waals surface area contributed by atoms with Gasteiger partial charge in [-0.05, 0) is 61.7 Å². The lowest BCUT2D eigenvalue weighted by Crippen LogP contribution is -2.30. The predicted molar refractivity (Wildman–Crippen MR) is 126 cm³/mol. The van der Waals surface area contributed by atoms with E-state index in [1.54, 1.807) is 26.1 Å². The molecule has 3 aromatic carbocycles. The number of para-hydroxylation sites is 1. The predicted octanol–water partition coefficient (Wildman–Crippen LogP) is 4.53. The second-order valence-electron chi connectivity index (χ2n) is 7.74. The number of amides is 1. The van der Waals surface area contributed by atoms with E-state index in [9.17, 15) is 13.2 Å². The second-order valence-corrected chi connectivity index (χ2v) is 9.79. The first-order chi connectivity index (χ1) is 15.2. The van der Waals surface area contributed by atoms with Gasteiger partial charge in [-0.25, -0.2) is 8.42 Å². The fraction of sp³-hybridized carbons (Fsp3) is 0.240. The third kappa shape index (κ3) is 5.55. The number of ether oxygens (including phenoxy) is 1. The quantitative estimate of drug-likeness (QED) is 0.545. The summed E-state index contributed by atoms with van der Waals surface area (Å²) in [4.78, 5) is 12.7. The van der Waals surface area contributed by atoms with Crippen molar-refractivity contribution < 1.29 is 17.9 Å². The Labute approximate surface area is 189 Å². The number of rotatable bonds is 8. The normalized spacial score (nSPS) is 12.4. The second kappa shape index (κ2) is 9.97. The maximum absolute atomic E-state index is 12.9. The highest BCUT2D eigenvalue weighted by atomic mass is 32.2. The van der Waals surface area contributed by atoms with Crippen molar-refractivity contribution in [2.45, 2.75) is 38.3 Å². The van der Waals surface area contributed by atoms with E-state index in [0.29, 0.717) is 11.4 Å². The molecule has 0 saturated heterocycles. The number of benzene rings is 3. The number of carbonyl (C=O) groups is 1. The highest BCUT2D eigenvalue weighted by Crippen LogP contribution is 2.24. The van der Waals surface area contributed by atoms with Gasteiger partial charge in [0, 0.05) is 19.3 Å². The Kier molecular flexibility index (Phi) is 7.33. The van der Waals surface area contributed by atoms with Crippen LogP contribution in [-0.2, 0) is 21.4 Å². The fourth-order valence-electron chi connectivity index (χ4n) is 3.27. The van der Waals surface area contributed by atoms with Gasteiger partial charge in [-0.2, -0.15) is 4.31 Å². The summed E-state index contributed by atoms with van der Waals surface area (Å²) in [5.41, 5.74) is 3.31. The zero-order valence-electron chi connectivity index (χ0n) is 18.7. The van der Waals surface area contributed by atoms with Gasteiger partial charge in [0.15, 0.2) is 6.10 Å². The molecule has 32 heavy (non-hydrogen) atoms. The monoisotopic (exact) mass is 452 g/mol. The van der Waals surface area contributed by atoms with Crippen molar-refractivity contribution in [2.75, 3.05) is 12.4 Å². The zero-order valence-corrected chi connectivity index (χ0v) is 19.5. The SMILES string of the molecule is Cc1cccc(C)c1OC(C)C(=O)Nc1ccc(S(=O)(=O)N(C)Cc2ccccc2)cc1. The lowest BCUT2D eigenvalue weighted by atomic mass is 10.1. The molecule has 1 amide bonds. The minimum absolute atomic E-state index is 0.161. The summed E-state index contributed by atoms with van der Waals surface area (Å²) in [5, 5.41) is 2.78. The molecule has 0 aromatic heterocycles. The van der Waals surface area contributed by atoms with Crippen LogP contribution < -0.4 is 10.1 Å². The van der Waals surface area contributed by atoms with Crippen LogP contribution in [0.2, 0.25) is 0 Å². The molecule has 1 atom stereocenters. The summed E-state index contributed by atoms with van der Waals surface area (Å²) >= 11 is 0. The molecule has 3 rings (SSSR count). The largest absolute Gasteiger partial charge is 0.480 e. The van der Waals surface area contributed by atoms with Crippen molar-refractivity contribution in [3.05, 3.63) is 89.5 Å². The van der Waals surface area contributed by atoms with Gasteiger partial charge in [0.2, 0.25) is 10.0 Å². The van der Waals surface area contributed by atoms with Gasteiger partial charge in [-0.1, -0.05) is 48.5 Å². The molecule has 7 heteroatoms. The van der Waals surface area contributed by atoms with Crippen molar-refractivity contribution in [1.29, 1.82) is 0 Å². The molecule has 168 valence electrons. The van der Waals surface area contributed by atoms with E-state index < -0.39 is 16.1 Å². The zero-order chi connectivity index (χ0) is 23.3.